The molecule has 1 atom stereocenters. The van der Waals surface area contributed by atoms with Crippen LogP contribution in [0.1, 0.15) is 37.1 Å². The number of hydrogen-bond donors (Lipinski definition) is 1. The van der Waals surface area contributed by atoms with Crippen LogP contribution in [0.5, 0.6) is 0 Å². The molecule has 1 fully saturated rings. The number of ether oxygens (including phenoxy) is 1. The first-order valence-electron chi connectivity index (χ1n) is 9.87. The average Bonchev–Trinajstić information content (AvgIpc) is 3.14. The number of nitrogens with one attached hydrogen (secondary N) is 1. The summed E-state index contributed by atoms with van der Waals surface area (Å²) >= 11 is 1.87. The topological polar surface area (TPSA) is 58.6 Å². The fourth-order valence-corrected chi connectivity index (χ4v) is 5.54. The molecule has 0 unspecified atom stereocenters. The number of hydrogen-bond acceptors (Lipinski definition) is 4. The molecule has 3 heterocycles. The van der Waals surface area contributed by atoms with Gasteiger partial charge in [0.15, 0.2) is 0 Å². The van der Waals surface area contributed by atoms with Crippen molar-refractivity contribution in [2.75, 3.05) is 19.7 Å². The van der Waals surface area contributed by atoms with Gasteiger partial charge in [0.1, 0.15) is 6.04 Å². The molecule has 1 saturated heterocycles. The van der Waals surface area contributed by atoms with E-state index in [-0.39, 0.29) is 17.4 Å². The van der Waals surface area contributed by atoms with Crippen LogP contribution in [0, 0.1) is 0 Å². The van der Waals surface area contributed by atoms with Gasteiger partial charge in [-0.25, -0.2) is 0 Å². The third kappa shape index (κ3) is 3.59. The number of thiophene rings is 1. The Bertz CT molecular complexity index is 869. The van der Waals surface area contributed by atoms with Crippen LogP contribution < -0.4 is 5.32 Å². The fourth-order valence-electron chi connectivity index (χ4n) is 4.30. The van der Waals surface area contributed by atoms with Crippen molar-refractivity contribution in [1.82, 2.24) is 10.2 Å². The summed E-state index contributed by atoms with van der Waals surface area (Å²) in [5, 5.41) is 2.69. The molecule has 0 radical (unpaired) electrons. The summed E-state index contributed by atoms with van der Waals surface area (Å²) in [6.45, 7) is 5.22. The highest BCUT2D eigenvalue weighted by atomic mass is 32.1. The van der Waals surface area contributed by atoms with Crippen LogP contribution in [0.2, 0.25) is 0 Å². The van der Waals surface area contributed by atoms with Crippen LogP contribution in [-0.4, -0.2) is 42.5 Å². The van der Waals surface area contributed by atoms with Gasteiger partial charge in [-0.1, -0.05) is 30.3 Å². The summed E-state index contributed by atoms with van der Waals surface area (Å²) in [6, 6.07) is 12.3. The van der Waals surface area contributed by atoms with E-state index in [1.807, 2.05) is 22.3 Å². The normalized spacial score (nSPS) is 19.1. The standard InChI is InChI=1S/C22H26N2O3S/c1-15(23-16(2)25)21(26)24-11-9-22(10-12-24)18-14-20(17-6-4-3-5-7-17)28-19(18)8-13-27-22/h3-7,14-15H,8-13H2,1-2H3,(H,23,25)/t15-/m0/s1. The highest BCUT2D eigenvalue weighted by molar-refractivity contribution is 7.15. The molecule has 0 bridgehead atoms. The lowest BCUT2D eigenvalue weighted by molar-refractivity contribution is -0.143. The molecule has 0 saturated carbocycles. The van der Waals surface area contributed by atoms with Gasteiger partial charge in [-0.15, -0.1) is 11.3 Å². The summed E-state index contributed by atoms with van der Waals surface area (Å²) in [5.41, 5.74) is 2.27. The maximum atomic E-state index is 12.6. The molecule has 2 aliphatic heterocycles. The predicted molar refractivity (Wildman–Crippen MR) is 110 cm³/mol. The third-order valence-electron chi connectivity index (χ3n) is 5.74. The van der Waals surface area contributed by atoms with Crippen LogP contribution in [-0.2, 0) is 26.3 Å². The zero-order valence-corrected chi connectivity index (χ0v) is 17.2. The second kappa shape index (κ2) is 7.68. The lowest BCUT2D eigenvalue weighted by Crippen LogP contribution is -2.52. The minimum Gasteiger partial charge on any atom is -0.370 e. The minimum absolute atomic E-state index is 0.0172. The molecule has 148 valence electrons. The van der Waals surface area contributed by atoms with Gasteiger partial charge in [-0.3, -0.25) is 9.59 Å². The monoisotopic (exact) mass is 398 g/mol. The number of likely N-dealkylation sites (tertiary alicyclic amines) is 1. The quantitative estimate of drug-likeness (QED) is 0.863. The van der Waals surface area contributed by atoms with Gasteiger partial charge in [-0.2, -0.15) is 0 Å². The first kappa shape index (κ1) is 19.2. The van der Waals surface area contributed by atoms with Gasteiger partial charge in [0.2, 0.25) is 11.8 Å². The smallest absolute Gasteiger partial charge is 0.244 e. The van der Waals surface area contributed by atoms with Crippen molar-refractivity contribution in [3.63, 3.8) is 0 Å². The summed E-state index contributed by atoms with van der Waals surface area (Å²) in [6.07, 6.45) is 2.55. The third-order valence-corrected chi connectivity index (χ3v) is 6.98. The highest BCUT2D eigenvalue weighted by Crippen LogP contribution is 2.46. The Labute approximate surface area is 169 Å². The number of amides is 2. The number of carbonyl (C=O) groups excluding carboxylic acids is 2. The van der Waals surface area contributed by atoms with Crippen LogP contribution in [0.15, 0.2) is 36.4 Å². The Morgan fingerprint density at radius 1 is 1.21 bits per heavy atom. The van der Waals surface area contributed by atoms with E-state index < -0.39 is 6.04 Å². The van der Waals surface area contributed by atoms with E-state index in [0.717, 1.165) is 25.9 Å². The van der Waals surface area contributed by atoms with E-state index in [1.54, 1.807) is 6.92 Å². The molecule has 1 N–H and O–H groups in total. The van der Waals surface area contributed by atoms with Gasteiger partial charge in [-0.05, 0) is 37.0 Å². The SMILES string of the molecule is CC(=O)N[C@@H](C)C(=O)N1CCC2(CC1)OCCc1sc(-c3ccccc3)cc12. The second-order valence-electron chi connectivity index (χ2n) is 7.65. The van der Waals surface area contributed by atoms with Crippen LogP contribution in [0.25, 0.3) is 10.4 Å². The maximum Gasteiger partial charge on any atom is 0.244 e. The molecule has 28 heavy (non-hydrogen) atoms. The average molecular weight is 399 g/mol. The van der Waals surface area contributed by atoms with Gasteiger partial charge >= 0.3 is 0 Å². The largest absolute Gasteiger partial charge is 0.370 e. The van der Waals surface area contributed by atoms with Crippen molar-refractivity contribution >= 4 is 23.2 Å². The zero-order chi connectivity index (χ0) is 19.7. The molecule has 6 heteroatoms. The van der Waals surface area contributed by atoms with Crippen molar-refractivity contribution < 1.29 is 14.3 Å². The first-order chi connectivity index (χ1) is 13.5. The molecule has 1 spiro atoms. The summed E-state index contributed by atoms with van der Waals surface area (Å²) in [4.78, 5) is 28.4. The Kier molecular flexibility index (Phi) is 5.25. The molecular formula is C22H26N2O3S. The molecule has 5 nitrogen and oxygen atoms in total. The lowest BCUT2D eigenvalue weighted by atomic mass is 9.82. The molecule has 1 aromatic heterocycles. The number of piperidine rings is 1. The number of benzene rings is 1. The minimum atomic E-state index is -0.486. The van der Waals surface area contributed by atoms with E-state index in [4.69, 9.17) is 4.74 Å². The molecule has 4 rings (SSSR count). The van der Waals surface area contributed by atoms with Crippen LogP contribution >= 0.6 is 11.3 Å². The Balaban J connectivity index is 1.52. The van der Waals surface area contributed by atoms with Gasteiger partial charge in [0, 0.05) is 36.2 Å². The number of nitrogens with zero attached hydrogens (tertiary/aromatic N) is 1. The molecule has 2 aromatic rings. The fraction of sp³-hybridized carbons (Fsp3) is 0.455. The summed E-state index contributed by atoms with van der Waals surface area (Å²) in [7, 11) is 0. The molecule has 2 aliphatic rings. The van der Waals surface area contributed by atoms with Gasteiger partial charge in [0.25, 0.3) is 0 Å². The summed E-state index contributed by atoms with van der Waals surface area (Å²) < 4.78 is 6.33. The molecular weight excluding hydrogens is 372 g/mol. The van der Waals surface area contributed by atoms with Crippen molar-refractivity contribution in [1.29, 1.82) is 0 Å². The predicted octanol–water partition coefficient (Wildman–Crippen LogP) is 3.33. The Hall–Kier alpha value is -2.18. The van der Waals surface area contributed by atoms with Crippen molar-refractivity contribution in [2.45, 2.75) is 44.8 Å². The van der Waals surface area contributed by atoms with Gasteiger partial charge < -0.3 is 15.0 Å². The maximum absolute atomic E-state index is 12.6. The Morgan fingerprint density at radius 2 is 1.93 bits per heavy atom. The molecule has 1 aromatic carbocycles. The van der Waals surface area contributed by atoms with E-state index in [1.165, 1.54) is 27.8 Å². The number of carbonyl (C=O) groups is 2. The second-order valence-corrected chi connectivity index (χ2v) is 8.79. The zero-order valence-electron chi connectivity index (χ0n) is 16.4. The van der Waals surface area contributed by atoms with Gasteiger partial charge in [0.05, 0.1) is 12.2 Å². The number of rotatable bonds is 3. The van der Waals surface area contributed by atoms with E-state index in [9.17, 15) is 9.59 Å². The molecule has 0 aliphatic carbocycles. The van der Waals surface area contributed by atoms with Crippen LogP contribution in [0.4, 0.5) is 0 Å². The van der Waals surface area contributed by atoms with E-state index in [2.05, 4.69) is 35.6 Å². The van der Waals surface area contributed by atoms with Crippen molar-refractivity contribution in [3.8, 4) is 10.4 Å². The lowest BCUT2D eigenvalue weighted by Gasteiger charge is -2.44. The highest BCUT2D eigenvalue weighted by Gasteiger charge is 2.43. The van der Waals surface area contributed by atoms with E-state index >= 15 is 0 Å². The molecule has 2 amide bonds. The first-order valence-corrected chi connectivity index (χ1v) is 10.7. The van der Waals surface area contributed by atoms with E-state index in [0.29, 0.717) is 13.1 Å². The van der Waals surface area contributed by atoms with Crippen molar-refractivity contribution in [3.05, 3.63) is 46.8 Å². The summed E-state index contributed by atoms with van der Waals surface area (Å²) in [5.74, 6) is -0.197. The van der Waals surface area contributed by atoms with Crippen LogP contribution in [0.3, 0.4) is 0 Å². The van der Waals surface area contributed by atoms with Crippen molar-refractivity contribution in [2.24, 2.45) is 0 Å². The Morgan fingerprint density at radius 3 is 2.61 bits per heavy atom. The number of fused-ring (bicyclic) bond motifs is 2.